The van der Waals surface area contributed by atoms with Gasteiger partial charge in [0.2, 0.25) is 10.0 Å². The fraction of sp³-hybridized carbons (Fsp3) is 0.333. The van der Waals surface area contributed by atoms with Crippen LogP contribution in [0.15, 0.2) is 41.4 Å². The van der Waals surface area contributed by atoms with E-state index in [9.17, 15) is 8.42 Å². The Morgan fingerprint density at radius 1 is 1.42 bits per heavy atom. The lowest BCUT2D eigenvalue weighted by molar-refractivity contribution is 0.255. The Kier molecular flexibility index (Phi) is 5.47. The number of rotatable bonds is 6. The second-order valence-corrected chi connectivity index (χ2v) is 8.44. The summed E-state index contributed by atoms with van der Waals surface area (Å²) in [5.41, 5.74) is 1.39. The maximum absolute atomic E-state index is 13.2. The van der Waals surface area contributed by atoms with Crippen LogP contribution in [0.4, 0.5) is 0 Å². The van der Waals surface area contributed by atoms with Gasteiger partial charge in [0.05, 0.1) is 28.2 Å². The molecule has 1 atom stereocenters. The van der Waals surface area contributed by atoms with Crippen molar-refractivity contribution < 1.29 is 13.2 Å². The Morgan fingerprint density at radius 2 is 2.23 bits per heavy atom. The molecule has 0 aliphatic carbocycles. The summed E-state index contributed by atoms with van der Waals surface area (Å²) in [6.45, 7) is 2.08. The summed E-state index contributed by atoms with van der Waals surface area (Å²) >= 11 is 6.24. The molecule has 8 heteroatoms. The Bertz CT molecular complexity index is 942. The third kappa shape index (κ3) is 3.83. The van der Waals surface area contributed by atoms with Gasteiger partial charge in [-0.05, 0) is 31.2 Å². The zero-order valence-corrected chi connectivity index (χ0v) is 15.8. The Balaban J connectivity index is 1.96. The molecular weight excluding hydrogens is 374 g/mol. The van der Waals surface area contributed by atoms with Gasteiger partial charge in [-0.15, -0.1) is 0 Å². The summed E-state index contributed by atoms with van der Waals surface area (Å²) < 4.78 is 33.2. The standard InChI is InChI=1S/C18H18ClN3O3S/c1-13-9-14-10-16(11-17(19)18(14)25-13)26(23,24)22(8-4-6-20)12-15-5-2-3-7-21-15/h2-3,5,7,10-11,13H,4,8-9,12H2,1H3/t13-/m1/s1. The quantitative estimate of drug-likeness (QED) is 0.755. The summed E-state index contributed by atoms with van der Waals surface area (Å²) in [7, 11) is -3.83. The van der Waals surface area contributed by atoms with Crippen LogP contribution in [-0.4, -0.2) is 30.4 Å². The van der Waals surface area contributed by atoms with Gasteiger partial charge in [-0.3, -0.25) is 4.98 Å². The maximum Gasteiger partial charge on any atom is 0.243 e. The third-order valence-electron chi connectivity index (χ3n) is 4.10. The van der Waals surface area contributed by atoms with Gasteiger partial charge < -0.3 is 4.74 Å². The average molecular weight is 392 g/mol. The molecule has 1 aromatic heterocycles. The van der Waals surface area contributed by atoms with Gasteiger partial charge >= 0.3 is 0 Å². The van der Waals surface area contributed by atoms with E-state index in [1.165, 1.54) is 10.4 Å². The Hall–Kier alpha value is -2.14. The first-order valence-corrected chi connectivity index (χ1v) is 9.99. The van der Waals surface area contributed by atoms with Gasteiger partial charge in [0.15, 0.2) is 0 Å². The molecule has 6 nitrogen and oxygen atoms in total. The van der Waals surface area contributed by atoms with Crippen LogP contribution >= 0.6 is 11.6 Å². The predicted octanol–water partition coefficient (Wildman–Crippen LogP) is 3.16. The number of nitrogens with zero attached hydrogens (tertiary/aromatic N) is 3. The van der Waals surface area contributed by atoms with Crippen LogP contribution in [-0.2, 0) is 23.0 Å². The van der Waals surface area contributed by atoms with Crippen molar-refractivity contribution in [2.75, 3.05) is 6.54 Å². The van der Waals surface area contributed by atoms with Crippen molar-refractivity contribution in [3.8, 4) is 11.8 Å². The monoisotopic (exact) mass is 391 g/mol. The summed E-state index contributed by atoms with van der Waals surface area (Å²) in [4.78, 5) is 4.29. The van der Waals surface area contributed by atoms with Crippen LogP contribution < -0.4 is 4.74 Å². The van der Waals surface area contributed by atoms with E-state index in [0.717, 1.165) is 5.56 Å². The first-order chi connectivity index (χ1) is 12.4. The topological polar surface area (TPSA) is 83.3 Å². The molecule has 0 N–H and O–H groups in total. The zero-order chi connectivity index (χ0) is 18.7. The molecule has 1 aliphatic heterocycles. The molecule has 0 saturated heterocycles. The van der Waals surface area contributed by atoms with E-state index in [-0.39, 0.29) is 35.5 Å². The number of pyridine rings is 1. The molecule has 0 unspecified atom stereocenters. The number of ether oxygens (including phenoxy) is 1. The van der Waals surface area contributed by atoms with Crippen LogP contribution in [0.2, 0.25) is 5.02 Å². The van der Waals surface area contributed by atoms with Gasteiger partial charge in [0.1, 0.15) is 11.9 Å². The van der Waals surface area contributed by atoms with E-state index >= 15 is 0 Å². The lowest BCUT2D eigenvalue weighted by atomic mass is 10.1. The maximum atomic E-state index is 13.2. The van der Waals surface area contributed by atoms with Crippen molar-refractivity contribution in [1.29, 1.82) is 5.26 Å². The molecule has 1 aromatic carbocycles. The van der Waals surface area contributed by atoms with Gasteiger partial charge in [-0.2, -0.15) is 9.57 Å². The summed E-state index contributed by atoms with van der Waals surface area (Å²) in [6.07, 6.45) is 2.26. The van der Waals surface area contributed by atoms with E-state index in [4.69, 9.17) is 21.6 Å². The molecule has 3 rings (SSSR count). The highest BCUT2D eigenvalue weighted by atomic mass is 35.5. The van der Waals surface area contributed by atoms with E-state index in [1.807, 2.05) is 13.0 Å². The lowest BCUT2D eigenvalue weighted by Crippen LogP contribution is -2.32. The van der Waals surface area contributed by atoms with Gasteiger partial charge in [0, 0.05) is 31.1 Å². The molecule has 0 radical (unpaired) electrons. The minimum atomic E-state index is -3.83. The highest BCUT2D eigenvalue weighted by molar-refractivity contribution is 7.89. The average Bonchev–Trinajstić information content (AvgIpc) is 3.00. The van der Waals surface area contributed by atoms with E-state index in [0.29, 0.717) is 17.9 Å². The smallest absolute Gasteiger partial charge is 0.243 e. The fourth-order valence-electron chi connectivity index (χ4n) is 2.89. The first kappa shape index (κ1) is 18.6. The molecule has 0 amide bonds. The third-order valence-corrected chi connectivity index (χ3v) is 6.20. The molecule has 136 valence electrons. The molecule has 1 aliphatic rings. The molecule has 0 saturated carbocycles. The van der Waals surface area contributed by atoms with Crippen molar-refractivity contribution >= 4 is 21.6 Å². The minimum Gasteiger partial charge on any atom is -0.489 e. The van der Waals surface area contributed by atoms with Crippen molar-refractivity contribution in [1.82, 2.24) is 9.29 Å². The molecule has 0 spiro atoms. The normalized spacial score (nSPS) is 16.2. The number of sulfonamides is 1. The van der Waals surface area contributed by atoms with Gasteiger partial charge in [-0.25, -0.2) is 8.42 Å². The first-order valence-electron chi connectivity index (χ1n) is 8.18. The Morgan fingerprint density at radius 3 is 2.92 bits per heavy atom. The van der Waals surface area contributed by atoms with Crippen molar-refractivity contribution in [3.05, 3.63) is 52.8 Å². The molecule has 2 heterocycles. The number of nitriles is 1. The van der Waals surface area contributed by atoms with Crippen LogP contribution in [0, 0.1) is 11.3 Å². The zero-order valence-electron chi connectivity index (χ0n) is 14.2. The second kappa shape index (κ2) is 7.62. The summed E-state index contributed by atoms with van der Waals surface area (Å²) in [5.74, 6) is 0.548. The molecule has 26 heavy (non-hydrogen) atoms. The highest BCUT2D eigenvalue weighted by Gasteiger charge is 2.29. The fourth-order valence-corrected chi connectivity index (χ4v) is 4.73. The van der Waals surface area contributed by atoms with Gasteiger partial charge in [0.25, 0.3) is 0 Å². The summed E-state index contributed by atoms with van der Waals surface area (Å²) in [6, 6.07) is 10.3. The number of halogens is 1. The second-order valence-electron chi connectivity index (χ2n) is 6.09. The van der Waals surface area contributed by atoms with Gasteiger partial charge in [-0.1, -0.05) is 17.7 Å². The van der Waals surface area contributed by atoms with Crippen LogP contribution in [0.25, 0.3) is 0 Å². The summed E-state index contributed by atoms with van der Waals surface area (Å²) in [5, 5.41) is 9.17. The van der Waals surface area contributed by atoms with Crippen LogP contribution in [0.3, 0.4) is 0 Å². The van der Waals surface area contributed by atoms with E-state index in [1.54, 1.807) is 30.5 Å². The number of aromatic nitrogens is 1. The van der Waals surface area contributed by atoms with Crippen molar-refractivity contribution in [2.45, 2.75) is 37.3 Å². The number of fused-ring (bicyclic) bond motifs is 1. The minimum absolute atomic E-state index is 0.0383. The van der Waals surface area contributed by atoms with E-state index < -0.39 is 10.0 Å². The molecule has 0 bridgehead atoms. The molecular formula is C18H18ClN3O3S. The molecule has 0 fully saturated rings. The van der Waals surface area contributed by atoms with Crippen LogP contribution in [0.5, 0.6) is 5.75 Å². The predicted molar refractivity (Wildman–Crippen MR) is 97.3 cm³/mol. The highest BCUT2D eigenvalue weighted by Crippen LogP contribution is 2.38. The Labute approximate surface area is 158 Å². The SMILES string of the molecule is C[C@@H]1Cc2cc(S(=O)(=O)N(CCC#N)Cc3ccccn3)cc(Cl)c2O1. The number of hydrogen-bond donors (Lipinski definition) is 0. The van der Waals surface area contributed by atoms with E-state index in [2.05, 4.69) is 4.98 Å². The van der Waals surface area contributed by atoms with Crippen LogP contribution in [0.1, 0.15) is 24.6 Å². The number of benzene rings is 1. The van der Waals surface area contributed by atoms with Crippen molar-refractivity contribution in [3.63, 3.8) is 0 Å². The van der Waals surface area contributed by atoms with Crippen molar-refractivity contribution in [2.24, 2.45) is 0 Å². The lowest BCUT2D eigenvalue weighted by Gasteiger charge is -2.21. The molecule has 2 aromatic rings. The number of hydrogen-bond acceptors (Lipinski definition) is 5. The largest absolute Gasteiger partial charge is 0.489 e.